The number of rotatable bonds is 13. The standard InChI is InChI=1S/C39H47N3O3Si/c1-39(2,3)46(4,5)45-36(27-42(26-30-12-8-6-9-13-30)25-24-29-16-18-32(40)19-17-29)33-20-22-35(38-34(33)21-23-37(43)41-38)44-28-31-14-10-7-11-15-31/h6-23,36H,24-28,40H2,1-5H3,(H,41,43). The lowest BCUT2D eigenvalue weighted by Crippen LogP contribution is -2.44. The van der Waals surface area contributed by atoms with Crippen LogP contribution in [0.15, 0.2) is 114 Å². The molecular formula is C39H47N3O3Si. The van der Waals surface area contributed by atoms with Gasteiger partial charge in [0.2, 0.25) is 5.56 Å². The minimum Gasteiger partial charge on any atom is -0.487 e. The Kier molecular flexibility index (Phi) is 10.5. The van der Waals surface area contributed by atoms with E-state index in [1.165, 1.54) is 11.1 Å². The number of pyridine rings is 1. The Bertz CT molecular complexity index is 1760. The average Bonchev–Trinajstić information content (AvgIpc) is 3.03. The SMILES string of the molecule is CC(C)(C)[Si](C)(C)OC(CN(CCc1ccc(N)cc1)Cc1ccccc1)c1ccc(OCc2ccccc2)c2[nH]c(=O)ccc12. The number of nitrogens with one attached hydrogen (secondary N) is 1. The van der Waals surface area contributed by atoms with Crippen molar-refractivity contribution in [2.24, 2.45) is 0 Å². The molecule has 0 fully saturated rings. The zero-order chi connectivity index (χ0) is 32.7. The highest BCUT2D eigenvalue weighted by Gasteiger charge is 2.40. The van der Waals surface area contributed by atoms with Gasteiger partial charge >= 0.3 is 0 Å². The van der Waals surface area contributed by atoms with Gasteiger partial charge in [-0.15, -0.1) is 0 Å². The van der Waals surface area contributed by atoms with Crippen LogP contribution >= 0.6 is 0 Å². The molecule has 46 heavy (non-hydrogen) atoms. The molecule has 0 saturated carbocycles. The number of hydrogen-bond acceptors (Lipinski definition) is 5. The summed E-state index contributed by atoms with van der Waals surface area (Å²) >= 11 is 0. The van der Waals surface area contributed by atoms with E-state index in [2.05, 4.69) is 92.3 Å². The molecule has 0 saturated heterocycles. The number of nitrogens with two attached hydrogens (primary N) is 1. The number of nitrogen functional groups attached to an aromatic ring is 1. The van der Waals surface area contributed by atoms with Gasteiger partial charge in [-0.05, 0) is 71.1 Å². The van der Waals surface area contributed by atoms with Crippen LogP contribution in [0.25, 0.3) is 10.9 Å². The van der Waals surface area contributed by atoms with Gasteiger partial charge in [-0.3, -0.25) is 9.69 Å². The smallest absolute Gasteiger partial charge is 0.248 e. The summed E-state index contributed by atoms with van der Waals surface area (Å²) in [7, 11) is -2.22. The van der Waals surface area contributed by atoms with Crippen molar-refractivity contribution in [1.82, 2.24) is 9.88 Å². The Balaban J connectivity index is 1.53. The Hall–Kier alpha value is -4.17. The molecular weight excluding hydrogens is 587 g/mol. The first-order chi connectivity index (χ1) is 22.0. The van der Waals surface area contributed by atoms with E-state index in [0.717, 1.165) is 41.7 Å². The fraction of sp³-hybridized carbons (Fsp3) is 0.308. The van der Waals surface area contributed by atoms with E-state index in [1.807, 2.05) is 54.6 Å². The van der Waals surface area contributed by atoms with Crippen LogP contribution in [0.1, 0.15) is 49.1 Å². The first kappa shape index (κ1) is 33.2. The Morgan fingerprint density at radius 1 is 0.804 bits per heavy atom. The van der Waals surface area contributed by atoms with Crippen LogP contribution in [0.3, 0.4) is 0 Å². The quantitative estimate of drug-likeness (QED) is 0.100. The number of H-pyrrole nitrogens is 1. The van der Waals surface area contributed by atoms with Gasteiger partial charge in [-0.1, -0.05) is 99.6 Å². The van der Waals surface area contributed by atoms with E-state index >= 15 is 0 Å². The molecule has 0 aliphatic rings. The van der Waals surface area contributed by atoms with E-state index in [4.69, 9.17) is 14.9 Å². The summed E-state index contributed by atoms with van der Waals surface area (Å²) in [6.45, 7) is 14.2. The highest BCUT2D eigenvalue weighted by Crippen LogP contribution is 2.42. The molecule has 5 rings (SSSR count). The van der Waals surface area contributed by atoms with Crippen molar-refractivity contribution in [2.45, 2.75) is 64.6 Å². The first-order valence-corrected chi connectivity index (χ1v) is 19.0. The van der Waals surface area contributed by atoms with E-state index in [1.54, 1.807) is 6.07 Å². The molecule has 0 radical (unpaired) electrons. The van der Waals surface area contributed by atoms with Gasteiger partial charge in [0.05, 0.1) is 11.6 Å². The lowest BCUT2D eigenvalue weighted by Gasteiger charge is -2.41. The molecule has 7 heteroatoms. The van der Waals surface area contributed by atoms with Gasteiger partial charge in [-0.25, -0.2) is 0 Å². The Morgan fingerprint density at radius 2 is 1.46 bits per heavy atom. The summed E-state index contributed by atoms with van der Waals surface area (Å²) in [6, 6.07) is 36.4. The molecule has 0 spiro atoms. The van der Waals surface area contributed by atoms with Crippen molar-refractivity contribution in [1.29, 1.82) is 0 Å². The number of aromatic nitrogens is 1. The number of aromatic amines is 1. The van der Waals surface area contributed by atoms with Gasteiger partial charge in [0.15, 0.2) is 8.32 Å². The zero-order valence-electron chi connectivity index (χ0n) is 27.8. The maximum Gasteiger partial charge on any atom is 0.248 e. The molecule has 0 amide bonds. The van der Waals surface area contributed by atoms with Crippen molar-refractivity contribution in [3.8, 4) is 5.75 Å². The van der Waals surface area contributed by atoms with Crippen LogP contribution in [-0.2, 0) is 24.0 Å². The first-order valence-electron chi connectivity index (χ1n) is 16.1. The summed E-state index contributed by atoms with van der Waals surface area (Å²) in [5.74, 6) is 0.649. The third-order valence-electron chi connectivity index (χ3n) is 9.09. The van der Waals surface area contributed by atoms with Gasteiger partial charge < -0.3 is 19.9 Å². The topological polar surface area (TPSA) is 80.6 Å². The monoisotopic (exact) mass is 633 g/mol. The van der Waals surface area contributed by atoms with Crippen LogP contribution in [0.2, 0.25) is 18.1 Å². The molecule has 0 bridgehead atoms. The van der Waals surface area contributed by atoms with E-state index in [9.17, 15) is 4.79 Å². The summed E-state index contributed by atoms with van der Waals surface area (Å²) in [4.78, 5) is 18.2. The number of nitrogens with zero attached hydrogens (tertiary/aromatic N) is 1. The third-order valence-corrected chi connectivity index (χ3v) is 13.6. The molecule has 1 heterocycles. The Morgan fingerprint density at radius 3 is 2.11 bits per heavy atom. The normalized spacial score (nSPS) is 12.8. The number of ether oxygens (including phenoxy) is 1. The predicted octanol–water partition coefficient (Wildman–Crippen LogP) is 8.50. The Labute approximate surface area is 274 Å². The molecule has 0 aliphatic carbocycles. The molecule has 0 aliphatic heterocycles. The second-order valence-corrected chi connectivity index (χ2v) is 18.4. The number of fused-ring (bicyclic) bond motifs is 1. The average molecular weight is 634 g/mol. The summed E-state index contributed by atoms with van der Waals surface area (Å²) in [6.07, 6.45) is 0.660. The van der Waals surface area contributed by atoms with Gasteiger partial charge in [0, 0.05) is 36.8 Å². The predicted molar refractivity (Wildman–Crippen MR) is 193 cm³/mol. The minimum atomic E-state index is -2.22. The number of anilines is 1. The van der Waals surface area contributed by atoms with Crippen molar-refractivity contribution >= 4 is 24.9 Å². The molecule has 1 aromatic heterocycles. The van der Waals surface area contributed by atoms with Crippen molar-refractivity contribution in [3.05, 3.63) is 142 Å². The van der Waals surface area contributed by atoms with Crippen LogP contribution in [-0.4, -0.2) is 31.3 Å². The van der Waals surface area contributed by atoms with Crippen LogP contribution < -0.4 is 16.0 Å². The molecule has 4 aromatic carbocycles. The molecule has 5 aromatic rings. The summed E-state index contributed by atoms with van der Waals surface area (Å²) < 4.78 is 13.6. The fourth-order valence-corrected chi connectivity index (χ4v) is 6.66. The lowest BCUT2D eigenvalue weighted by molar-refractivity contribution is 0.117. The maximum absolute atomic E-state index is 12.6. The van der Waals surface area contributed by atoms with Crippen molar-refractivity contribution < 1.29 is 9.16 Å². The second kappa shape index (κ2) is 14.5. The van der Waals surface area contributed by atoms with Crippen molar-refractivity contribution in [3.63, 3.8) is 0 Å². The zero-order valence-corrected chi connectivity index (χ0v) is 28.8. The van der Waals surface area contributed by atoms with E-state index in [-0.39, 0.29) is 16.7 Å². The van der Waals surface area contributed by atoms with Gasteiger partial charge in [-0.2, -0.15) is 0 Å². The number of hydrogen-bond donors (Lipinski definition) is 2. The third kappa shape index (κ3) is 8.54. The van der Waals surface area contributed by atoms with Crippen LogP contribution in [0.4, 0.5) is 5.69 Å². The number of benzene rings is 4. The van der Waals surface area contributed by atoms with E-state index < -0.39 is 8.32 Å². The second-order valence-electron chi connectivity index (χ2n) is 13.6. The van der Waals surface area contributed by atoms with Crippen molar-refractivity contribution in [2.75, 3.05) is 18.8 Å². The van der Waals surface area contributed by atoms with Gasteiger partial charge in [0.25, 0.3) is 0 Å². The molecule has 1 unspecified atom stereocenters. The molecule has 3 N–H and O–H groups in total. The van der Waals surface area contributed by atoms with Crippen LogP contribution in [0, 0.1) is 0 Å². The maximum atomic E-state index is 12.6. The van der Waals surface area contributed by atoms with Gasteiger partial charge in [0.1, 0.15) is 12.4 Å². The fourth-order valence-electron chi connectivity index (χ4n) is 5.40. The minimum absolute atomic E-state index is 0.0162. The highest BCUT2D eigenvalue weighted by molar-refractivity contribution is 6.74. The van der Waals surface area contributed by atoms with Crippen LogP contribution in [0.5, 0.6) is 5.75 Å². The summed E-state index contributed by atoms with van der Waals surface area (Å²) in [5.41, 5.74) is 11.9. The largest absolute Gasteiger partial charge is 0.487 e. The molecule has 240 valence electrons. The molecule has 1 atom stereocenters. The summed E-state index contributed by atoms with van der Waals surface area (Å²) in [5, 5.41) is 0.953. The molecule has 6 nitrogen and oxygen atoms in total. The van der Waals surface area contributed by atoms with E-state index in [0.29, 0.717) is 24.4 Å². The highest BCUT2D eigenvalue weighted by atomic mass is 28.4. The lowest BCUT2D eigenvalue weighted by atomic mass is 10.0.